The van der Waals surface area contributed by atoms with E-state index in [0.29, 0.717) is 25.5 Å². The molecule has 0 aliphatic carbocycles. The van der Waals surface area contributed by atoms with Crippen LogP contribution in [0.4, 0.5) is 5.69 Å². The second-order valence-corrected chi connectivity index (χ2v) is 6.44. The molecule has 0 saturated carbocycles. The first-order valence-corrected chi connectivity index (χ1v) is 9.11. The minimum Gasteiger partial charge on any atom is -0.494 e. The molecule has 0 fully saturated rings. The zero-order valence-electron chi connectivity index (χ0n) is 14.5. The number of hydrogen-bond acceptors (Lipinski definition) is 4. The maximum atomic E-state index is 5.90. The zero-order chi connectivity index (χ0) is 17.0. The Hall–Kier alpha value is -1.04. The van der Waals surface area contributed by atoms with Crippen LogP contribution in [0.3, 0.4) is 0 Å². The van der Waals surface area contributed by atoms with Crippen LogP contribution >= 0.6 is 0 Å². The fourth-order valence-electron chi connectivity index (χ4n) is 2.05. The van der Waals surface area contributed by atoms with Gasteiger partial charge in [-0.25, -0.2) is 0 Å². The van der Waals surface area contributed by atoms with Gasteiger partial charge < -0.3 is 19.9 Å². The molecule has 0 unspecified atom stereocenters. The number of nitrogen functional groups attached to an aromatic ring is 1. The number of anilines is 1. The van der Waals surface area contributed by atoms with Crippen molar-refractivity contribution in [2.24, 2.45) is 0 Å². The van der Waals surface area contributed by atoms with Gasteiger partial charge in [-0.15, -0.1) is 0 Å². The van der Waals surface area contributed by atoms with E-state index in [2.05, 4.69) is 24.1 Å². The van der Waals surface area contributed by atoms with Crippen LogP contribution in [0.2, 0.25) is 0 Å². The van der Waals surface area contributed by atoms with Gasteiger partial charge in [-0.05, 0) is 37.8 Å². The molecule has 0 atom stereocenters. The third kappa shape index (κ3) is 8.98. The highest BCUT2D eigenvalue weighted by molar-refractivity contribution is 6.13. The summed E-state index contributed by atoms with van der Waals surface area (Å²) in [5.41, 5.74) is 5.75. The minimum absolute atomic E-state index is 0.601. The molecule has 2 N–H and O–H groups in total. The van der Waals surface area contributed by atoms with E-state index in [4.69, 9.17) is 19.9 Å². The van der Waals surface area contributed by atoms with Crippen molar-refractivity contribution in [2.45, 2.75) is 57.8 Å². The summed E-state index contributed by atoms with van der Waals surface area (Å²) in [5.74, 6) is 0.795. The summed E-state index contributed by atoms with van der Waals surface area (Å²) in [7, 11) is 3.68. The van der Waals surface area contributed by atoms with Crippen LogP contribution in [0.15, 0.2) is 24.3 Å². The summed E-state index contributed by atoms with van der Waals surface area (Å²) < 4.78 is 17.5. The molecule has 1 rings (SSSR count). The topological polar surface area (TPSA) is 53.7 Å². The van der Waals surface area contributed by atoms with Crippen LogP contribution in [-0.2, 0) is 9.47 Å². The van der Waals surface area contributed by atoms with E-state index in [1.807, 2.05) is 24.3 Å². The van der Waals surface area contributed by atoms with Crippen molar-refractivity contribution in [1.29, 1.82) is 0 Å². The van der Waals surface area contributed by atoms with Crippen molar-refractivity contribution in [1.82, 2.24) is 0 Å². The predicted molar refractivity (Wildman–Crippen MR) is 95.8 cm³/mol. The molecule has 0 aliphatic rings. The predicted octanol–water partition coefficient (Wildman–Crippen LogP) is 3.88. The van der Waals surface area contributed by atoms with Crippen LogP contribution in [-0.4, -0.2) is 35.5 Å². The Kier molecular flexibility index (Phi) is 9.99. The molecule has 4 nitrogen and oxygen atoms in total. The van der Waals surface area contributed by atoms with E-state index in [1.165, 1.54) is 0 Å². The van der Waals surface area contributed by atoms with Crippen LogP contribution in [0.1, 0.15) is 52.4 Å². The molecule has 23 heavy (non-hydrogen) atoms. The monoisotopic (exact) mass is 336 g/mol. The molecule has 0 saturated heterocycles. The van der Waals surface area contributed by atoms with E-state index < -0.39 is 5.41 Å². The van der Waals surface area contributed by atoms with Gasteiger partial charge in [0.15, 0.2) is 0 Å². The molecule has 1 aromatic carbocycles. The summed E-state index contributed by atoms with van der Waals surface area (Å²) in [4.78, 5) is 0. The lowest BCUT2D eigenvalue weighted by molar-refractivity contribution is -0.184. The van der Waals surface area contributed by atoms with E-state index in [-0.39, 0.29) is 0 Å². The zero-order valence-corrected chi connectivity index (χ0v) is 15.5. The lowest BCUT2D eigenvalue weighted by Crippen LogP contribution is -2.38. The van der Waals surface area contributed by atoms with Gasteiger partial charge in [-0.3, -0.25) is 0 Å². The van der Waals surface area contributed by atoms with Crippen molar-refractivity contribution in [3.05, 3.63) is 24.3 Å². The molecule has 129 valence electrons. The maximum absolute atomic E-state index is 5.90. The molecule has 0 heterocycles. The molecule has 0 aliphatic heterocycles. The smallest absolute Gasteiger partial charge is 0.144 e. The summed E-state index contributed by atoms with van der Waals surface area (Å²) in [5, 5.41) is 0. The third-order valence-electron chi connectivity index (χ3n) is 3.44. The molecule has 3 radical (unpaired) electrons. The SMILES string of the molecule is CCCCOC([Si])(CCCOc1cccc(N)c1)OCCCC. The molecule has 5 heteroatoms. The maximum Gasteiger partial charge on any atom is 0.144 e. The first kappa shape index (κ1) is 20.0. The van der Waals surface area contributed by atoms with E-state index in [1.54, 1.807) is 0 Å². The molecule has 0 aromatic heterocycles. The number of ether oxygens (including phenoxy) is 3. The lowest BCUT2D eigenvalue weighted by Gasteiger charge is -2.30. The van der Waals surface area contributed by atoms with Gasteiger partial charge in [-0.1, -0.05) is 32.8 Å². The summed E-state index contributed by atoms with van der Waals surface area (Å²) in [6, 6.07) is 7.48. The quantitative estimate of drug-likeness (QED) is 0.257. The number of rotatable bonds is 13. The Balaban J connectivity index is 2.36. The first-order chi connectivity index (χ1) is 11.1. The first-order valence-electron chi connectivity index (χ1n) is 8.61. The van der Waals surface area contributed by atoms with E-state index in [9.17, 15) is 0 Å². The van der Waals surface area contributed by atoms with Crippen LogP contribution in [0, 0.1) is 0 Å². The Bertz CT molecular complexity index is 418. The summed E-state index contributed by atoms with van der Waals surface area (Å²) in [6.45, 7) is 6.29. The van der Waals surface area contributed by atoms with Gasteiger partial charge in [0, 0.05) is 25.0 Å². The standard InChI is InChI=1S/C18H30NO3Si/c1-3-5-13-21-18(23,22-14-6-4-2)11-8-12-20-17-10-7-9-16(19)15-17/h7,9-10,15H,3-6,8,11-14,19H2,1-2H3. The van der Waals surface area contributed by atoms with Crippen LogP contribution < -0.4 is 10.5 Å². The Morgan fingerprint density at radius 1 is 1.00 bits per heavy atom. The molecule has 0 spiro atoms. The van der Waals surface area contributed by atoms with Gasteiger partial charge in [0.25, 0.3) is 0 Å². The van der Waals surface area contributed by atoms with Crippen molar-refractivity contribution in [2.75, 3.05) is 25.6 Å². The highest BCUT2D eigenvalue weighted by atomic mass is 28.1. The van der Waals surface area contributed by atoms with Crippen molar-refractivity contribution >= 4 is 15.9 Å². The Morgan fingerprint density at radius 3 is 2.22 bits per heavy atom. The summed E-state index contributed by atoms with van der Waals surface area (Å²) >= 11 is 0. The molecule has 0 bridgehead atoms. The second-order valence-electron chi connectivity index (χ2n) is 5.68. The van der Waals surface area contributed by atoms with Gasteiger partial charge in [0.05, 0.1) is 6.61 Å². The molecule has 1 aromatic rings. The van der Waals surface area contributed by atoms with E-state index in [0.717, 1.165) is 44.3 Å². The van der Waals surface area contributed by atoms with Gasteiger partial charge >= 0.3 is 0 Å². The van der Waals surface area contributed by atoms with E-state index >= 15 is 0 Å². The van der Waals surface area contributed by atoms with Crippen molar-refractivity contribution in [3.8, 4) is 5.75 Å². The van der Waals surface area contributed by atoms with Crippen molar-refractivity contribution in [3.63, 3.8) is 0 Å². The number of benzene rings is 1. The number of nitrogens with two attached hydrogens (primary N) is 1. The highest BCUT2D eigenvalue weighted by Crippen LogP contribution is 2.19. The Labute approximate surface area is 144 Å². The largest absolute Gasteiger partial charge is 0.494 e. The van der Waals surface area contributed by atoms with Gasteiger partial charge in [0.2, 0.25) is 0 Å². The minimum atomic E-state index is -0.705. The third-order valence-corrected chi connectivity index (χ3v) is 3.98. The molecular formula is C18H30NO3Si. The second kappa shape index (κ2) is 11.5. The summed E-state index contributed by atoms with van der Waals surface area (Å²) in [6.07, 6.45) is 5.84. The average Bonchev–Trinajstić information content (AvgIpc) is 2.52. The van der Waals surface area contributed by atoms with Crippen LogP contribution in [0.5, 0.6) is 5.75 Å². The fourth-order valence-corrected chi connectivity index (χ4v) is 2.43. The highest BCUT2D eigenvalue weighted by Gasteiger charge is 2.25. The van der Waals surface area contributed by atoms with Crippen molar-refractivity contribution < 1.29 is 14.2 Å². The number of hydrogen-bond donors (Lipinski definition) is 1. The van der Waals surface area contributed by atoms with Gasteiger partial charge in [-0.2, -0.15) is 0 Å². The molecule has 0 amide bonds. The average molecular weight is 337 g/mol. The van der Waals surface area contributed by atoms with Gasteiger partial charge in [0.1, 0.15) is 21.4 Å². The number of unbranched alkanes of at least 4 members (excludes halogenated alkanes) is 2. The Morgan fingerprint density at radius 2 is 1.65 bits per heavy atom. The lowest BCUT2D eigenvalue weighted by atomic mass is 10.3. The fraction of sp³-hybridized carbons (Fsp3) is 0.667. The normalized spacial score (nSPS) is 11.6. The van der Waals surface area contributed by atoms with Crippen LogP contribution in [0.25, 0.3) is 0 Å². The molecular weight excluding hydrogens is 306 g/mol.